The minimum absolute atomic E-state index is 0.170. The van der Waals surface area contributed by atoms with Crippen molar-refractivity contribution >= 4 is 23.8 Å². The van der Waals surface area contributed by atoms with Crippen LogP contribution < -0.4 is 5.32 Å². The van der Waals surface area contributed by atoms with Crippen molar-refractivity contribution in [2.45, 2.75) is 13.0 Å². The number of nitrogens with one attached hydrogen (secondary N) is 1. The summed E-state index contributed by atoms with van der Waals surface area (Å²) in [6, 6.07) is 14.6. The van der Waals surface area contributed by atoms with Crippen LogP contribution in [0.1, 0.15) is 33.2 Å². The predicted octanol–water partition coefficient (Wildman–Crippen LogP) is 2.35. The van der Waals surface area contributed by atoms with Gasteiger partial charge >= 0.3 is 12.1 Å². The highest BCUT2D eigenvalue weighted by molar-refractivity contribution is 6.09. The molecule has 2 amide bonds. The summed E-state index contributed by atoms with van der Waals surface area (Å²) in [6.07, 6.45) is -2.13. The van der Waals surface area contributed by atoms with Crippen LogP contribution in [0.4, 0.5) is 4.79 Å². The van der Waals surface area contributed by atoms with E-state index in [9.17, 15) is 19.2 Å². The zero-order chi connectivity index (χ0) is 19.1. The van der Waals surface area contributed by atoms with Gasteiger partial charge in [-0.15, -0.1) is 0 Å². The zero-order valence-corrected chi connectivity index (χ0v) is 14.2. The third-order valence-electron chi connectivity index (χ3n) is 3.48. The second kappa shape index (κ2) is 8.57. The predicted molar refractivity (Wildman–Crippen MR) is 91.7 cm³/mol. The van der Waals surface area contributed by atoms with Crippen molar-refractivity contribution in [3.63, 3.8) is 0 Å². The van der Waals surface area contributed by atoms with Crippen molar-refractivity contribution in [1.29, 1.82) is 0 Å². The minimum Gasteiger partial charge on any atom is -0.453 e. The number of imide groups is 1. The first-order chi connectivity index (χ1) is 12.4. The number of hydrogen-bond donors (Lipinski definition) is 1. The molecule has 0 aliphatic heterocycles. The van der Waals surface area contributed by atoms with Crippen LogP contribution in [0, 0.1) is 0 Å². The maximum absolute atomic E-state index is 12.3. The van der Waals surface area contributed by atoms with Crippen LogP contribution in [0.2, 0.25) is 0 Å². The third kappa shape index (κ3) is 4.76. The van der Waals surface area contributed by atoms with Gasteiger partial charge in [-0.3, -0.25) is 14.9 Å². The van der Waals surface area contributed by atoms with Gasteiger partial charge in [-0.25, -0.2) is 9.59 Å². The quantitative estimate of drug-likeness (QED) is 0.653. The number of carbonyl (C=O) groups excluding carboxylic acids is 4. The average Bonchev–Trinajstić information content (AvgIpc) is 2.67. The van der Waals surface area contributed by atoms with Gasteiger partial charge in [0, 0.05) is 11.1 Å². The number of amides is 2. The number of esters is 1. The van der Waals surface area contributed by atoms with Gasteiger partial charge in [0.2, 0.25) is 0 Å². The molecule has 2 aromatic carbocycles. The van der Waals surface area contributed by atoms with Gasteiger partial charge < -0.3 is 9.47 Å². The molecular formula is C19H17NO6. The number of alkyl carbamates (subject to hydrolysis) is 1. The largest absolute Gasteiger partial charge is 0.453 e. The van der Waals surface area contributed by atoms with Crippen LogP contribution >= 0.6 is 0 Å². The van der Waals surface area contributed by atoms with Gasteiger partial charge in [0.15, 0.2) is 11.9 Å². The molecule has 7 nitrogen and oxygen atoms in total. The van der Waals surface area contributed by atoms with E-state index in [1.54, 1.807) is 24.3 Å². The van der Waals surface area contributed by atoms with Crippen molar-refractivity contribution < 1.29 is 28.7 Å². The highest BCUT2D eigenvalue weighted by Gasteiger charge is 2.21. The standard InChI is InChI=1S/C19H17NO6/c1-12(17(22)20-19(24)25-2)26-18(23)15-10-8-14(9-11-15)16(21)13-6-4-3-5-7-13/h3-12H,1-2H3,(H,20,22,24)/t12-/m0/s1. The van der Waals surface area contributed by atoms with E-state index in [-0.39, 0.29) is 11.3 Å². The number of ether oxygens (including phenoxy) is 2. The Labute approximate surface area is 149 Å². The van der Waals surface area contributed by atoms with E-state index in [4.69, 9.17) is 4.74 Å². The monoisotopic (exact) mass is 355 g/mol. The molecule has 0 spiro atoms. The molecule has 0 saturated carbocycles. The fraction of sp³-hybridized carbons (Fsp3) is 0.158. The Morgan fingerprint density at radius 3 is 1.96 bits per heavy atom. The van der Waals surface area contributed by atoms with Crippen LogP contribution in [-0.2, 0) is 14.3 Å². The molecule has 0 unspecified atom stereocenters. The minimum atomic E-state index is -1.19. The molecule has 7 heteroatoms. The Bertz CT molecular complexity index is 814. The van der Waals surface area contributed by atoms with Gasteiger partial charge in [-0.2, -0.15) is 0 Å². The van der Waals surface area contributed by atoms with E-state index in [2.05, 4.69) is 4.74 Å². The molecule has 2 aromatic rings. The van der Waals surface area contributed by atoms with E-state index in [0.717, 1.165) is 7.11 Å². The number of rotatable bonds is 5. The third-order valence-corrected chi connectivity index (χ3v) is 3.48. The van der Waals surface area contributed by atoms with Crippen molar-refractivity contribution in [2.24, 2.45) is 0 Å². The molecule has 0 bridgehead atoms. The maximum Gasteiger partial charge on any atom is 0.413 e. The molecule has 0 saturated heterocycles. The van der Waals surface area contributed by atoms with Gasteiger partial charge in [-0.05, 0) is 19.1 Å². The van der Waals surface area contributed by atoms with Crippen LogP contribution in [0.25, 0.3) is 0 Å². The SMILES string of the molecule is COC(=O)NC(=O)[C@H](C)OC(=O)c1ccc(C(=O)c2ccccc2)cc1. The van der Waals surface area contributed by atoms with Crippen LogP contribution in [0.5, 0.6) is 0 Å². The van der Waals surface area contributed by atoms with Gasteiger partial charge in [0.05, 0.1) is 12.7 Å². The van der Waals surface area contributed by atoms with Gasteiger partial charge in [0.1, 0.15) is 0 Å². The van der Waals surface area contributed by atoms with E-state index < -0.39 is 24.1 Å². The average molecular weight is 355 g/mol. The Morgan fingerprint density at radius 1 is 0.846 bits per heavy atom. The Kier molecular flexibility index (Phi) is 6.21. The summed E-state index contributed by atoms with van der Waals surface area (Å²) < 4.78 is 9.27. The number of hydrogen-bond acceptors (Lipinski definition) is 6. The normalized spacial score (nSPS) is 11.2. The first kappa shape index (κ1) is 18.9. The molecule has 26 heavy (non-hydrogen) atoms. The van der Waals surface area contributed by atoms with Crippen LogP contribution in [0.3, 0.4) is 0 Å². The molecule has 0 aromatic heterocycles. The molecule has 0 heterocycles. The van der Waals surface area contributed by atoms with Gasteiger partial charge in [-0.1, -0.05) is 42.5 Å². The van der Waals surface area contributed by atoms with Gasteiger partial charge in [0.25, 0.3) is 5.91 Å². The summed E-state index contributed by atoms with van der Waals surface area (Å²) in [6.45, 7) is 1.32. The van der Waals surface area contributed by atoms with E-state index >= 15 is 0 Å². The molecule has 2 rings (SSSR count). The van der Waals surface area contributed by atoms with E-state index in [1.165, 1.54) is 31.2 Å². The lowest BCUT2D eigenvalue weighted by molar-refractivity contribution is -0.128. The fourth-order valence-corrected chi connectivity index (χ4v) is 2.05. The lowest BCUT2D eigenvalue weighted by Gasteiger charge is -2.12. The molecule has 134 valence electrons. The second-order valence-corrected chi connectivity index (χ2v) is 5.30. The molecular weight excluding hydrogens is 338 g/mol. The Hall–Kier alpha value is -3.48. The molecule has 0 radical (unpaired) electrons. The topological polar surface area (TPSA) is 98.8 Å². The molecule has 0 aliphatic carbocycles. The number of ketones is 1. The first-order valence-corrected chi connectivity index (χ1v) is 7.72. The smallest absolute Gasteiger partial charge is 0.413 e. The van der Waals surface area contributed by atoms with Crippen molar-refractivity contribution in [2.75, 3.05) is 7.11 Å². The van der Waals surface area contributed by atoms with Crippen LogP contribution in [-0.4, -0.2) is 37.0 Å². The number of methoxy groups -OCH3 is 1. The fourth-order valence-electron chi connectivity index (χ4n) is 2.05. The highest BCUT2D eigenvalue weighted by Crippen LogP contribution is 2.12. The summed E-state index contributed by atoms with van der Waals surface area (Å²) in [5.74, 6) is -1.73. The van der Waals surface area contributed by atoms with Crippen LogP contribution in [0.15, 0.2) is 54.6 Å². The van der Waals surface area contributed by atoms with E-state index in [1.807, 2.05) is 11.4 Å². The summed E-state index contributed by atoms with van der Waals surface area (Å²) in [7, 11) is 1.11. The maximum atomic E-state index is 12.3. The van der Waals surface area contributed by atoms with Crippen molar-refractivity contribution in [1.82, 2.24) is 5.32 Å². The van der Waals surface area contributed by atoms with E-state index in [0.29, 0.717) is 11.1 Å². The molecule has 0 aliphatic rings. The lowest BCUT2D eigenvalue weighted by atomic mass is 10.0. The van der Waals surface area contributed by atoms with Crippen molar-refractivity contribution in [3.8, 4) is 0 Å². The summed E-state index contributed by atoms with van der Waals surface area (Å²) in [5.41, 5.74) is 1.13. The lowest BCUT2D eigenvalue weighted by Crippen LogP contribution is -2.39. The second-order valence-electron chi connectivity index (χ2n) is 5.30. The highest BCUT2D eigenvalue weighted by atomic mass is 16.6. The Balaban J connectivity index is 2.01. The number of carbonyl (C=O) groups is 4. The molecule has 1 atom stereocenters. The zero-order valence-electron chi connectivity index (χ0n) is 14.2. The first-order valence-electron chi connectivity index (χ1n) is 7.72. The number of benzene rings is 2. The van der Waals surface area contributed by atoms with Crippen molar-refractivity contribution in [3.05, 3.63) is 71.3 Å². The summed E-state index contributed by atoms with van der Waals surface area (Å²) in [5, 5.41) is 1.91. The molecule has 0 fully saturated rings. The summed E-state index contributed by atoms with van der Waals surface area (Å²) >= 11 is 0. The summed E-state index contributed by atoms with van der Waals surface area (Å²) in [4.78, 5) is 47.0. The Morgan fingerprint density at radius 2 is 1.38 bits per heavy atom. The molecule has 1 N–H and O–H groups in total.